The Bertz CT molecular complexity index is 438. The van der Waals surface area contributed by atoms with Gasteiger partial charge in [-0.2, -0.15) is 0 Å². The molecule has 1 amide bonds. The lowest BCUT2D eigenvalue weighted by Crippen LogP contribution is -2.33. The fourth-order valence-electron chi connectivity index (χ4n) is 1.74. The van der Waals surface area contributed by atoms with Crippen LogP contribution in [0.5, 0.6) is 0 Å². The Balaban J connectivity index is 2.00. The van der Waals surface area contributed by atoms with Crippen LogP contribution in [-0.4, -0.2) is 16.9 Å². The second-order valence-corrected chi connectivity index (χ2v) is 4.40. The molecule has 2 rings (SSSR count). The lowest BCUT2D eigenvalue weighted by atomic mass is 10.1. The Morgan fingerprint density at radius 1 is 1.41 bits per heavy atom. The summed E-state index contributed by atoms with van der Waals surface area (Å²) < 4.78 is 0. The van der Waals surface area contributed by atoms with E-state index in [4.69, 9.17) is 0 Å². The van der Waals surface area contributed by atoms with Gasteiger partial charge in [-0.25, -0.2) is 0 Å². The van der Waals surface area contributed by atoms with E-state index in [1.165, 1.54) is 37.1 Å². The number of carbonyl (C=O) groups excluding carboxylic acids is 1. The molecule has 1 aliphatic carbocycles. The second kappa shape index (κ2) is 4.53. The van der Waals surface area contributed by atoms with Gasteiger partial charge in [-0.3, -0.25) is 14.9 Å². The van der Waals surface area contributed by atoms with Crippen molar-refractivity contribution >= 4 is 11.6 Å². The van der Waals surface area contributed by atoms with Crippen LogP contribution in [0.4, 0.5) is 5.69 Å². The van der Waals surface area contributed by atoms with E-state index in [0.29, 0.717) is 11.5 Å². The van der Waals surface area contributed by atoms with E-state index in [1.54, 1.807) is 0 Å². The Morgan fingerprint density at radius 3 is 2.47 bits per heavy atom. The van der Waals surface area contributed by atoms with Gasteiger partial charge in [0, 0.05) is 23.7 Å². The number of nitrogens with zero attached hydrogens (tertiary/aromatic N) is 1. The zero-order valence-corrected chi connectivity index (χ0v) is 9.55. The molecule has 1 unspecified atom stereocenters. The van der Waals surface area contributed by atoms with Crippen LogP contribution in [0.3, 0.4) is 0 Å². The summed E-state index contributed by atoms with van der Waals surface area (Å²) in [6.07, 6.45) is 2.34. The number of non-ortho nitro benzene ring substituents is 1. The highest BCUT2D eigenvalue weighted by atomic mass is 16.6. The van der Waals surface area contributed by atoms with Crippen LogP contribution in [0, 0.1) is 16.0 Å². The number of nitrogens with one attached hydrogen (secondary N) is 1. The number of carbonyl (C=O) groups is 1. The monoisotopic (exact) mass is 234 g/mol. The van der Waals surface area contributed by atoms with E-state index in [1.807, 2.05) is 6.92 Å². The SMILES string of the molecule is CC(NC(=O)c1ccc([N+](=O)[O-])cc1)C1CC1. The number of amides is 1. The molecule has 0 bridgehead atoms. The van der Waals surface area contributed by atoms with Crippen molar-refractivity contribution in [3.63, 3.8) is 0 Å². The van der Waals surface area contributed by atoms with Gasteiger partial charge >= 0.3 is 0 Å². The fraction of sp³-hybridized carbons (Fsp3) is 0.417. The van der Waals surface area contributed by atoms with Crippen molar-refractivity contribution in [1.82, 2.24) is 5.32 Å². The van der Waals surface area contributed by atoms with Gasteiger partial charge in [0.25, 0.3) is 11.6 Å². The topological polar surface area (TPSA) is 72.2 Å². The summed E-state index contributed by atoms with van der Waals surface area (Å²) in [6.45, 7) is 1.99. The lowest BCUT2D eigenvalue weighted by Gasteiger charge is -2.12. The molecule has 1 fully saturated rings. The van der Waals surface area contributed by atoms with Crippen LogP contribution in [0.15, 0.2) is 24.3 Å². The normalized spacial score (nSPS) is 16.3. The average Bonchev–Trinajstić information content (AvgIpc) is 3.12. The van der Waals surface area contributed by atoms with E-state index in [-0.39, 0.29) is 17.6 Å². The van der Waals surface area contributed by atoms with Crippen molar-refractivity contribution in [3.05, 3.63) is 39.9 Å². The third kappa shape index (κ3) is 2.81. The first-order valence-corrected chi connectivity index (χ1v) is 5.63. The molecule has 0 radical (unpaired) electrons. The van der Waals surface area contributed by atoms with Crippen molar-refractivity contribution in [2.45, 2.75) is 25.8 Å². The minimum atomic E-state index is -0.478. The third-order valence-electron chi connectivity index (χ3n) is 3.03. The Labute approximate surface area is 99.0 Å². The Morgan fingerprint density at radius 2 is 2.00 bits per heavy atom. The van der Waals surface area contributed by atoms with Gasteiger partial charge in [-0.05, 0) is 37.8 Å². The Kier molecular flexibility index (Phi) is 3.08. The van der Waals surface area contributed by atoms with E-state index >= 15 is 0 Å². The van der Waals surface area contributed by atoms with Crippen LogP contribution < -0.4 is 5.32 Å². The van der Waals surface area contributed by atoms with Gasteiger partial charge in [0.1, 0.15) is 0 Å². The molecule has 17 heavy (non-hydrogen) atoms. The molecular formula is C12H14N2O3. The number of hydrogen-bond donors (Lipinski definition) is 1. The zero-order valence-electron chi connectivity index (χ0n) is 9.55. The number of benzene rings is 1. The van der Waals surface area contributed by atoms with E-state index in [2.05, 4.69) is 5.32 Å². The molecule has 5 heteroatoms. The summed E-state index contributed by atoms with van der Waals surface area (Å²) in [5.41, 5.74) is 0.458. The maximum absolute atomic E-state index is 11.8. The van der Waals surface area contributed by atoms with E-state index < -0.39 is 4.92 Å². The summed E-state index contributed by atoms with van der Waals surface area (Å²) >= 11 is 0. The molecule has 0 heterocycles. The minimum Gasteiger partial charge on any atom is -0.349 e. The molecule has 0 spiro atoms. The quantitative estimate of drug-likeness (QED) is 0.640. The van der Waals surface area contributed by atoms with Crippen molar-refractivity contribution in [1.29, 1.82) is 0 Å². The first kappa shape index (κ1) is 11.6. The van der Waals surface area contributed by atoms with E-state index in [9.17, 15) is 14.9 Å². The van der Waals surface area contributed by atoms with Gasteiger partial charge in [0.2, 0.25) is 0 Å². The van der Waals surface area contributed by atoms with Crippen LogP contribution in [0.1, 0.15) is 30.1 Å². The van der Waals surface area contributed by atoms with Gasteiger partial charge in [-0.1, -0.05) is 0 Å². The van der Waals surface area contributed by atoms with Crippen LogP contribution in [0.25, 0.3) is 0 Å². The zero-order chi connectivity index (χ0) is 12.4. The molecule has 1 atom stereocenters. The first-order valence-electron chi connectivity index (χ1n) is 5.63. The largest absolute Gasteiger partial charge is 0.349 e. The summed E-state index contributed by atoms with van der Waals surface area (Å²) in [5.74, 6) is 0.427. The maximum Gasteiger partial charge on any atom is 0.269 e. The molecule has 0 aliphatic heterocycles. The predicted molar refractivity (Wildman–Crippen MR) is 62.7 cm³/mol. The predicted octanol–water partition coefficient (Wildman–Crippen LogP) is 2.12. The summed E-state index contributed by atoms with van der Waals surface area (Å²) in [6, 6.07) is 5.82. The molecule has 0 saturated heterocycles. The van der Waals surface area contributed by atoms with Gasteiger partial charge in [-0.15, -0.1) is 0 Å². The smallest absolute Gasteiger partial charge is 0.269 e. The van der Waals surface area contributed by atoms with Crippen molar-refractivity contribution in [2.75, 3.05) is 0 Å². The molecule has 0 aromatic heterocycles. The van der Waals surface area contributed by atoms with Crippen molar-refractivity contribution < 1.29 is 9.72 Å². The van der Waals surface area contributed by atoms with Crippen molar-refractivity contribution in [3.8, 4) is 0 Å². The van der Waals surface area contributed by atoms with Crippen LogP contribution >= 0.6 is 0 Å². The highest BCUT2D eigenvalue weighted by Crippen LogP contribution is 2.32. The lowest BCUT2D eigenvalue weighted by molar-refractivity contribution is -0.384. The average molecular weight is 234 g/mol. The standard InChI is InChI=1S/C12H14N2O3/c1-8(9-2-3-9)13-12(15)10-4-6-11(7-5-10)14(16)17/h4-9H,2-3H2,1H3,(H,13,15). The Hall–Kier alpha value is -1.91. The molecule has 1 aromatic rings. The molecule has 1 saturated carbocycles. The number of nitro groups is 1. The van der Waals surface area contributed by atoms with Crippen LogP contribution in [-0.2, 0) is 0 Å². The van der Waals surface area contributed by atoms with Gasteiger partial charge in [0.15, 0.2) is 0 Å². The second-order valence-electron chi connectivity index (χ2n) is 4.40. The highest BCUT2D eigenvalue weighted by molar-refractivity contribution is 5.94. The number of rotatable bonds is 4. The molecule has 1 N–H and O–H groups in total. The fourth-order valence-corrected chi connectivity index (χ4v) is 1.74. The van der Waals surface area contributed by atoms with Crippen molar-refractivity contribution in [2.24, 2.45) is 5.92 Å². The van der Waals surface area contributed by atoms with Gasteiger partial charge in [0.05, 0.1) is 4.92 Å². The molecule has 1 aromatic carbocycles. The number of nitro benzene ring substituents is 1. The highest BCUT2D eigenvalue weighted by Gasteiger charge is 2.29. The molecular weight excluding hydrogens is 220 g/mol. The molecule has 1 aliphatic rings. The summed E-state index contributed by atoms with van der Waals surface area (Å²) in [4.78, 5) is 21.8. The third-order valence-corrected chi connectivity index (χ3v) is 3.03. The van der Waals surface area contributed by atoms with Crippen LogP contribution in [0.2, 0.25) is 0 Å². The summed E-state index contributed by atoms with van der Waals surface area (Å²) in [5, 5.41) is 13.4. The minimum absolute atomic E-state index is 0.00297. The molecule has 5 nitrogen and oxygen atoms in total. The number of hydrogen-bond acceptors (Lipinski definition) is 3. The van der Waals surface area contributed by atoms with Gasteiger partial charge < -0.3 is 5.32 Å². The first-order chi connectivity index (χ1) is 8.08. The van der Waals surface area contributed by atoms with E-state index in [0.717, 1.165) is 0 Å². The summed E-state index contributed by atoms with van der Waals surface area (Å²) in [7, 11) is 0. The molecule has 90 valence electrons. The maximum atomic E-state index is 11.8.